The van der Waals surface area contributed by atoms with Gasteiger partial charge in [-0.15, -0.1) is 11.3 Å². The van der Waals surface area contributed by atoms with Gasteiger partial charge in [-0.25, -0.2) is 17.5 Å². The molecular formula is C14H15BrFNO2S2. The minimum absolute atomic E-state index is 0.136. The summed E-state index contributed by atoms with van der Waals surface area (Å²) in [5, 5.41) is 0. The highest BCUT2D eigenvalue weighted by molar-refractivity contribution is 9.11. The lowest BCUT2D eigenvalue weighted by Gasteiger charge is -2.09. The van der Waals surface area contributed by atoms with Crippen molar-refractivity contribution in [3.8, 4) is 0 Å². The van der Waals surface area contributed by atoms with Gasteiger partial charge in [0.1, 0.15) is 5.82 Å². The summed E-state index contributed by atoms with van der Waals surface area (Å²) in [5.74, 6) is -0.251. The van der Waals surface area contributed by atoms with E-state index in [-0.39, 0.29) is 17.3 Å². The summed E-state index contributed by atoms with van der Waals surface area (Å²) in [7, 11) is -3.57. The first-order valence-corrected chi connectivity index (χ1v) is 9.31. The molecule has 0 amide bonds. The SMILES string of the molecule is Cc1cc(CNS(=O)(=O)c2cc(Br)sc2C)cc(C)c1F. The summed E-state index contributed by atoms with van der Waals surface area (Å²) >= 11 is 4.66. The second kappa shape index (κ2) is 6.16. The third kappa shape index (κ3) is 3.71. The molecule has 7 heteroatoms. The van der Waals surface area contributed by atoms with Crippen LogP contribution in [-0.2, 0) is 16.6 Å². The predicted molar refractivity (Wildman–Crippen MR) is 86.7 cm³/mol. The predicted octanol–water partition coefficient (Wildman–Crippen LogP) is 4.05. The molecule has 0 unspecified atom stereocenters. The van der Waals surface area contributed by atoms with Gasteiger partial charge >= 0.3 is 0 Å². The van der Waals surface area contributed by atoms with Gasteiger partial charge < -0.3 is 0 Å². The van der Waals surface area contributed by atoms with Gasteiger partial charge in [0.05, 0.1) is 8.68 Å². The van der Waals surface area contributed by atoms with Crippen molar-refractivity contribution >= 4 is 37.3 Å². The minimum atomic E-state index is -3.57. The first kappa shape index (κ1) is 16.6. The highest BCUT2D eigenvalue weighted by Crippen LogP contribution is 2.29. The second-order valence-corrected chi connectivity index (χ2v) is 9.21. The first-order chi connectivity index (χ1) is 9.70. The maximum atomic E-state index is 13.6. The molecule has 0 atom stereocenters. The van der Waals surface area contributed by atoms with Crippen molar-refractivity contribution in [3.63, 3.8) is 0 Å². The summed E-state index contributed by atoms with van der Waals surface area (Å²) in [6.45, 7) is 5.23. The lowest BCUT2D eigenvalue weighted by Crippen LogP contribution is -2.23. The first-order valence-electron chi connectivity index (χ1n) is 6.22. The number of hydrogen-bond acceptors (Lipinski definition) is 3. The van der Waals surface area contributed by atoms with Crippen LogP contribution in [0.15, 0.2) is 26.9 Å². The molecule has 2 aromatic rings. The number of sulfonamides is 1. The molecule has 1 N–H and O–H groups in total. The number of halogens is 2. The normalized spacial score (nSPS) is 11.9. The van der Waals surface area contributed by atoms with E-state index in [0.717, 1.165) is 14.2 Å². The molecule has 0 saturated carbocycles. The molecule has 2 rings (SSSR count). The molecule has 1 aromatic heterocycles. The van der Waals surface area contributed by atoms with Gasteiger partial charge in [0.25, 0.3) is 0 Å². The van der Waals surface area contributed by atoms with Gasteiger partial charge in [0, 0.05) is 11.4 Å². The number of rotatable bonds is 4. The van der Waals surface area contributed by atoms with Crippen molar-refractivity contribution in [2.45, 2.75) is 32.2 Å². The fourth-order valence-electron chi connectivity index (χ4n) is 2.09. The summed E-state index contributed by atoms with van der Waals surface area (Å²) < 4.78 is 41.4. The topological polar surface area (TPSA) is 46.2 Å². The average Bonchev–Trinajstić information content (AvgIpc) is 2.73. The van der Waals surface area contributed by atoms with Crippen molar-refractivity contribution in [2.75, 3.05) is 0 Å². The molecule has 1 heterocycles. The maximum absolute atomic E-state index is 13.6. The van der Waals surface area contributed by atoms with E-state index in [1.54, 1.807) is 39.0 Å². The third-order valence-electron chi connectivity index (χ3n) is 3.09. The Morgan fingerprint density at radius 2 is 1.76 bits per heavy atom. The molecule has 0 spiro atoms. The zero-order valence-electron chi connectivity index (χ0n) is 11.8. The van der Waals surface area contributed by atoms with E-state index in [1.807, 2.05) is 0 Å². The minimum Gasteiger partial charge on any atom is -0.207 e. The third-order valence-corrected chi connectivity index (χ3v) is 6.30. The zero-order chi connectivity index (χ0) is 15.8. The molecule has 0 bridgehead atoms. The Balaban J connectivity index is 2.21. The van der Waals surface area contributed by atoms with Gasteiger partial charge in [-0.2, -0.15) is 0 Å². The van der Waals surface area contributed by atoms with Gasteiger partial charge in [0.2, 0.25) is 10.0 Å². The fraction of sp³-hybridized carbons (Fsp3) is 0.286. The van der Waals surface area contributed by atoms with Crippen molar-refractivity contribution in [2.24, 2.45) is 0 Å². The highest BCUT2D eigenvalue weighted by Gasteiger charge is 2.19. The van der Waals surface area contributed by atoms with Crippen molar-refractivity contribution < 1.29 is 12.8 Å². The van der Waals surface area contributed by atoms with E-state index in [1.165, 1.54) is 11.3 Å². The molecule has 0 aliphatic carbocycles. The Morgan fingerprint density at radius 3 is 2.24 bits per heavy atom. The van der Waals surface area contributed by atoms with Crippen LogP contribution in [0.25, 0.3) is 0 Å². The summed E-state index contributed by atoms with van der Waals surface area (Å²) in [4.78, 5) is 0.996. The Morgan fingerprint density at radius 1 is 1.19 bits per heavy atom. The number of nitrogens with one attached hydrogen (secondary N) is 1. The van der Waals surface area contributed by atoms with Crippen molar-refractivity contribution in [3.05, 3.63) is 49.4 Å². The standard InChI is InChI=1S/C14H15BrFNO2S2/c1-8-4-11(5-9(2)14(8)16)7-17-21(18,19)12-6-13(15)20-10(12)3/h4-6,17H,7H2,1-3H3. The maximum Gasteiger partial charge on any atom is 0.242 e. The summed E-state index contributed by atoms with van der Waals surface area (Å²) in [5.41, 5.74) is 1.76. The molecule has 21 heavy (non-hydrogen) atoms. The fourth-order valence-corrected chi connectivity index (χ4v) is 5.52. The van der Waals surface area contributed by atoms with Crippen LogP contribution < -0.4 is 4.72 Å². The Hall–Kier alpha value is -0.760. The van der Waals surface area contributed by atoms with Crippen molar-refractivity contribution in [1.29, 1.82) is 0 Å². The van der Waals surface area contributed by atoms with Gasteiger partial charge in [-0.1, -0.05) is 12.1 Å². The van der Waals surface area contributed by atoms with Crippen LogP contribution in [0, 0.1) is 26.6 Å². The molecule has 1 aromatic carbocycles. The van der Waals surface area contributed by atoms with E-state index >= 15 is 0 Å². The number of benzene rings is 1. The summed E-state index contributed by atoms with van der Waals surface area (Å²) in [6, 6.07) is 4.89. The van der Waals surface area contributed by atoms with Gasteiger partial charge in [-0.3, -0.25) is 0 Å². The molecule has 0 radical (unpaired) electrons. The lowest BCUT2D eigenvalue weighted by atomic mass is 10.1. The van der Waals surface area contributed by atoms with E-state index in [4.69, 9.17) is 0 Å². The molecule has 3 nitrogen and oxygen atoms in total. The Bertz CT molecular complexity index is 761. The van der Waals surface area contributed by atoms with E-state index in [2.05, 4.69) is 20.7 Å². The molecule has 0 fully saturated rings. The van der Waals surface area contributed by atoms with Crippen LogP contribution in [0.1, 0.15) is 21.6 Å². The van der Waals surface area contributed by atoms with E-state index < -0.39 is 10.0 Å². The molecule has 0 saturated heterocycles. The van der Waals surface area contributed by atoms with Crippen LogP contribution in [0.4, 0.5) is 4.39 Å². The van der Waals surface area contributed by atoms with Crippen LogP contribution in [0.5, 0.6) is 0 Å². The van der Waals surface area contributed by atoms with E-state index in [9.17, 15) is 12.8 Å². The van der Waals surface area contributed by atoms with Crippen LogP contribution in [0.2, 0.25) is 0 Å². The Kier molecular flexibility index (Phi) is 4.87. The second-order valence-electron chi connectivity index (χ2n) is 4.84. The number of hydrogen-bond donors (Lipinski definition) is 1. The number of thiophene rings is 1. The molecule has 0 aliphatic rings. The summed E-state index contributed by atoms with van der Waals surface area (Å²) in [6.07, 6.45) is 0. The Labute approximate surface area is 136 Å². The monoisotopic (exact) mass is 391 g/mol. The van der Waals surface area contributed by atoms with Crippen LogP contribution in [0.3, 0.4) is 0 Å². The average molecular weight is 392 g/mol. The number of aryl methyl sites for hydroxylation is 3. The van der Waals surface area contributed by atoms with Gasteiger partial charge in [0.15, 0.2) is 0 Å². The highest BCUT2D eigenvalue weighted by atomic mass is 79.9. The van der Waals surface area contributed by atoms with Crippen LogP contribution in [-0.4, -0.2) is 8.42 Å². The van der Waals surface area contributed by atoms with Gasteiger partial charge in [-0.05, 0) is 59.5 Å². The zero-order valence-corrected chi connectivity index (χ0v) is 15.0. The largest absolute Gasteiger partial charge is 0.242 e. The lowest BCUT2D eigenvalue weighted by molar-refractivity contribution is 0.580. The smallest absolute Gasteiger partial charge is 0.207 e. The van der Waals surface area contributed by atoms with E-state index in [0.29, 0.717) is 11.1 Å². The molecule has 114 valence electrons. The quantitative estimate of drug-likeness (QED) is 0.853. The molecule has 0 aliphatic heterocycles. The molecular weight excluding hydrogens is 377 g/mol. The van der Waals surface area contributed by atoms with Crippen molar-refractivity contribution in [1.82, 2.24) is 4.72 Å². The van der Waals surface area contributed by atoms with Crippen LogP contribution >= 0.6 is 27.3 Å².